The monoisotopic (exact) mass is 338 g/mol. The number of halogens is 3. The molecule has 1 amide bonds. The first-order valence-electron chi connectivity index (χ1n) is 7.78. The molecule has 1 fully saturated rings. The molecule has 0 aromatic carbocycles. The second kappa shape index (κ2) is 6.62. The summed E-state index contributed by atoms with van der Waals surface area (Å²) >= 11 is 0. The van der Waals surface area contributed by atoms with Gasteiger partial charge in [0.05, 0.1) is 5.56 Å². The maximum absolute atomic E-state index is 12.8. The molecule has 2 aromatic heterocycles. The second-order valence-corrected chi connectivity index (χ2v) is 5.80. The number of aromatic nitrogens is 3. The third-order valence-corrected chi connectivity index (χ3v) is 3.85. The van der Waals surface area contributed by atoms with Crippen molar-refractivity contribution in [2.75, 3.05) is 6.54 Å². The van der Waals surface area contributed by atoms with Crippen molar-refractivity contribution in [3.05, 3.63) is 47.5 Å². The maximum Gasteiger partial charge on any atom is 0.435 e. The highest BCUT2D eigenvalue weighted by Gasteiger charge is 2.37. The Hall–Kier alpha value is -2.38. The van der Waals surface area contributed by atoms with E-state index >= 15 is 0 Å². The Morgan fingerprint density at radius 3 is 2.79 bits per heavy atom. The fourth-order valence-electron chi connectivity index (χ4n) is 2.49. The minimum absolute atomic E-state index is 0.179. The number of amides is 1. The first kappa shape index (κ1) is 16.5. The zero-order valence-electron chi connectivity index (χ0n) is 12.9. The lowest BCUT2D eigenvalue weighted by Crippen LogP contribution is -2.25. The van der Waals surface area contributed by atoms with E-state index in [4.69, 9.17) is 0 Å². The Bertz CT molecular complexity index is 708. The number of carbonyl (C=O) groups is 1. The topological polar surface area (TPSA) is 59.8 Å². The van der Waals surface area contributed by atoms with Crippen LogP contribution in [0.4, 0.5) is 13.2 Å². The molecule has 0 saturated heterocycles. The van der Waals surface area contributed by atoms with E-state index in [0.29, 0.717) is 30.8 Å². The van der Waals surface area contributed by atoms with E-state index in [1.807, 2.05) is 0 Å². The molecule has 1 saturated carbocycles. The molecule has 2 heterocycles. The highest BCUT2D eigenvalue weighted by molar-refractivity contribution is 5.93. The molecular formula is C16H17F3N4O. The second-order valence-electron chi connectivity index (χ2n) is 5.80. The van der Waals surface area contributed by atoms with Gasteiger partial charge in [0.2, 0.25) is 0 Å². The molecule has 0 unspecified atom stereocenters. The van der Waals surface area contributed by atoms with Gasteiger partial charge >= 0.3 is 6.18 Å². The summed E-state index contributed by atoms with van der Waals surface area (Å²) in [5, 5.41) is 6.41. The minimum atomic E-state index is -4.43. The van der Waals surface area contributed by atoms with E-state index in [2.05, 4.69) is 15.4 Å². The van der Waals surface area contributed by atoms with Crippen LogP contribution in [0.25, 0.3) is 0 Å². The molecule has 1 aliphatic rings. The average molecular weight is 338 g/mol. The summed E-state index contributed by atoms with van der Waals surface area (Å²) in [6, 6.07) is 4.46. The Labute approximate surface area is 136 Å². The van der Waals surface area contributed by atoms with E-state index < -0.39 is 11.9 Å². The van der Waals surface area contributed by atoms with Gasteiger partial charge in [0.15, 0.2) is 5.69 Å². The molecule has 0 spiro atoms. The van der Waals surface area contributed by atoms with Crippen molar-refractivity contribution in [2.45, 2.75) is 37.9 Å². The van der Waals surface area contributed by atoms with Crippen LogP contribution in [0.1, 0.15) is 46.9 Å². The average Bonchev–Trinajstić information content (AvgIpc) is 3.30. The van der Waals surface area contributed by atoms with Gasteiger partial charge in [-0.1, -0.05) is 0 Å². The maximum atomic E-state index is 12.8. The SMILES string of the molecule is O=C(NCCCn1nc(C(F)(F)F)cc1C1CC1)c1cccnc1. The van der Waals surface area contributed by atoms with Crippen molar-refractivity contribution in [1.29, 1.82) is 0 Å². The smallest absolute Gasteiger partial charge is 0.352 e. The lowest BCUT2D eigenvalue weighted by molar-refractivity contribution is -0.141. The van der Waals surface area contributed by atoms with Crippen LogP contribution in [0.5, 0.6) is 0 Å². The zero-order valence-corrected chi connectivity index (χ0v) is 12.9. The molecule has 0 aliphatic heterocycles. The van der Waals surface area contributed by atoms with Crippen molar-refractivity contribution >= 4 is 5.91 Å². The van der Waals surface area contributed by atoms with Gasteiger partial charge in [-0.25, -0.2) is 0 Å². The van der Waals surface area contributed by atoms with E-state index in [9.17, 15) is 18.0 Å². The lowest BCUT2D eigenvalue weighted by atomic mass is 10.2. The first-order chi connectivity index (χ1) is 11.4. The number of nitrogens with one attached hydrogen (secondary N) is 1. The summed E-state index contributed by atoms with van der Waals surface area (Å²) in [6.07, 6.45) is 0.922. The predicted octanol–water partition coefficient (Wildman–Crippen LogP) is 2.99. The van der Waals surface area contributed by atoms with Crippen LogP contribution in [0.2, 0.25) is 0 Å². The number of rotatable bonds is 6. The van der Waals surface area contributed by atoms with E-state index in [1.54, 1.807) is 18.3 Å². The van der Waals surface area contributed by atoms with Crippen molar-refractivity contribution in [3.8, 4) is 0 Å². The number of aryl methyl sites for hydroxylation is 1. The van der Waals surface area contributed by atoms with E-state index in [0.717, 1.165) is 18.9 Å². The molecule has 8 heteroatoms. The van der Waals surface area contributed by atoms with Crippen molar-refractivity contribution in [3.63, 3.8) is 0 Å². The third-order valence-electron chi connectivity index (χ3n) is 3.85. The third kappa shape index (κ3) is 3.93. The van der Waals surface area contributed by atoms with Gasteiger partial charge in [0.25, 0.3) is 5.91 Å². The Kier molecular flexibility index (Phi) is 4.55. The summed E-state index contributed by atoms with van der Waals surface area (Å²) in [5.41, 5.74) is 0.249. The molecular weight excluding hydrogens is 321 g/mol. The molecule has 24 heavy (non-hydrogen) atoms. The van der Waals surface area contributed by atoms with E-state index in [1.165, 1.54) is 10.9 Å². The first-order valence-corrected chi connectivity index (χ1v) is 7.78. The number of alkyl halides is 3. The van der Waals surface area contributed by atoms with Crippen LogP contribution in [0.15, 0.2) is 30.6 Å². The van der Waals surface area contributed by atoms with Crippen LogP contribution in [-0.2, 0) is 12.7 Å². The Balaban J connectivity index is 1.55. The molecule has 1 aliphatic carbocycles. The minimum Gasteiger partial charge on any atom is -0.352 e. The van der Waals surface area contributed by atoms with Gasteiger partial charge in [0, 0.05) is 37.1 Å². The number of hydrogen-bond donors (Lipinski definition) is 1. The van der Waals surface area contributed by atoms with Gasteiger partial charge in [-0.3, -0.25) is 14.5 Å². The molecule has 3 rings (SSSR count). The van der Waals surface area contributed by atoms with Crippen LogP contribution in [0.3, 0.4) is 0 Å². The standard InChI is InChI=1S/C16H17F3N4O/c17-16(18,19)14-9-13(11-4-5-11)23(22-14)8-2-7-21-15(24)12-3-1-6-20-10-12/h1,3,6,9-11H,2,4-5,7-8H2,(H,21,24). The largest absolute Gasteiger partial charge is 0.435 e. The normalized spacial score (nSPS) is 14.6. The zero-order chi connectivity index (χ0) is 17.2. The highest BCUT2D eigenvalue weighted by Crippen LogP contribution is 2.42. The molecule has 0 radical (unpaired) electrons. The highest BCUT2D eigenvalue weighted by atomic mass is 19.4. The van der Waals surface area contributed by atoms with Crippen LogP contribution < -0.4 is 5.32 Å². The number of carbonyl (C=O) groups excluding carboxylic acids is 1. The summed E-state index contributed by atoms with van der Waals surface area (Å²) in [5.74, 6) is -0.0689. The number of pyridine rings is 1. The van der Waals surface area contributed by atoms with Gasteiger partial charge in [0.1, 0.15) is 0 Å². The summed E-state index contributed by atoms with van der Waals surface area (Å²) < 4.78 is 39.9. The lowest BCUT2D eigenvalue weighted by Gasteiger charge is -2.08. The van der Waals surface area contributed by atoms with Gasteiger partial charge < -0.3 is 5.32 Å². The van der Waals surface area contributed by atoms with E-state index in [-0.39, 0.29) is 11.8 Å². The Morgan fingerprint density at radius 2 is 2.17 bits per heavy atom. The Morgan fingerprint density at radius 1 is 1.38 bits per heavy atom. The molecule has 0 atom stereocenters. The molecule has 0 bridgehead atoms. The van der Waals surface area contributed by atoms with Crippen molar-refractivity contribution in [1.82, 2.24) is 20.1 Å². The van der Waals surface area contributed by atoms with Gasteiger partial charge in [-0.15, -0.1) is 0 Å². The van der Waals surface area contributed by atoms with Crippen LogP contribution in [-0.4, -0.2) is 27.2 Å². The van der Waals surface area contributed by atoms with Crippen LogP contribution >= 0.6 is 0 Å². The van der Waals surface area contributed by atoms with Crippen molar-refractivity contribution < 1.29 is 18.0 Å². The number of nitrogens with zero attached hydrogens (tertiary/aromatic N) is 3. The summed E-state index contributed by atoms with van der Waals surface area (Å²) in [7, 11) is 0. The predicted molar refractivity (Wildman–Crippen MR) is 80.4 cm³/mol. The van der Waals surface area contributed by atoms with Crippen LogP contribution in [0, 0.1) is 0 Å². The fraction of sp³-hybridized carbons (Fsp3) is 0.438. The quantitative estimate of drug-likeness (QED) is 0.824. The molecule has 5 nitrogen and oxygen atoms in total. The summed E-state index contributed by atoms with van der Waals surface area (Å²) in [6.45, 7) is 0.703. The summed E-state index contributed by atoms with van der Waals surface area (Å²) in [4.78, 5) is 15.7. The van der Waals surface area contributed by atoms with Gasteiger partial charge in [-0.05, 0) is 37.5 Å². The molecule has 1 N–H and O–H groups in total. The van der Waals surface area contributed by atoms with Gasteiger partial charge in [-0.2, -0.15) is 18.3 Å². The number of hydrogen-bond acceptors (Lipinski definition) is 3. The fourth-order valence-corrected chi connectivity index (χ4v) is 2.49. The molecule has 128 valence electrons. The molecule has 2 aromatic rings. The van der Waals surface area contributed by atoms with Crippen molar-refractivity contribution in [2.24, 2.45) is 0 Å².